The Bertz CT molecular complexity index is 1210. The van der Waals surface area contributed by atoms with Crippen LogP contribution in [-0.4, -0.2) is 40.7 Å². The van der Waals surface area contributed by atoms with E-state index in [9.17, 15) is 14.4 Å². The second kappa shape index (κ2) is 15.1. The number of nitrogens with one attached hydrogen (secondary N) is 1. The highest BCUT2D eigenvalue weighted by Gasteiger charge is 2.28. The minimum atomic E-state index is -1.67. The van der Waals surface area contributed by atoms with Crippen LogP contribution in [-0.2, 0) is 41.2 Å². The van der Waals surface area contributed by atoms with E-state index in [4.69, 9.17) is 18.1 Å². The van der Waals surface area contributed by atoms with Crippen molar-refractivity contribution in [1.29, 1.82) is 0 Å². The monoisotopic (exact) mass is 568 g/mol. The molecule has 12 heteroatoms. The number of carbonyl (C=O) groups excluding carboxylic acids is 3. The molecule has 0 bridgehead atoms. The molecule has 0 aliphatic rings. The van der Waals surface area contributed by atoms with Gasteiger partial charge in [-0.05, 0) is 43.2 Å². The fourth-order valence-corrected chi connectivity index (χ4v) is 3.27. The van der Waals surface area contributed by atoms with E-state index in [1.807, 2.05) is 37.3 Å². The molecule has 2 amide bonds. The number of nitrogens with zero attached hydrogens (tertiary/aromatic N) is 1. The Labute approximate surface area is 225 Å². The zero-order chi connectivity index (χ0) is 27.4. The van der Waals surface area contributed by atoms with E-state index in [0.29, 0.717) is 24.7 Å². The Morgan fingerprint density at radius 3 is 2.27 bits per heavy atom. The van der Waals surface area contributed by atoms with Crippen molar-refractivity contribution in [2.45, 2.75) is 26.7 Å². The van der Waals surface area contributed by atoms with E-state index in [1.54, 1.807) is 24.3 Å². The smallest absolute Gasteiger partial charge is 0.318 e. The zero-order valence-electron chi connectivity index (χ0n) is 20.4. The molecule has 2 aromatic carbocycles. The quantitative estimate of drug-likeness (QED) is 0.230. The summed E-state index contributed by atoms with van der Waals surface area (Å²) in [5, 5.41) is 2.13. The van der Waals surface area contributed by atoms with E-state index in [1.165, 1.54) is 14.0 Å². The van der Waals surface area contributed by atoms with Gasteiger partial charge in [0.25, 0.3) is 0 Å². The molecular weight excluding hydrogens is 543 g/mol. The number of halogens is 2. The van der Waals surface area contributed by atoms with Crippen LogP contribution < -0.4 is 10.1 Å². The molecule has 1 N–H and O–H groups in total. The second-order valence-electron chi connectivity index (χ2n) is 7.64. The lowest BCUT2D eigenvalue weighted by Gasteiger charge is -2.14. The summed E-state index contributed by atoms with van der Waals surface area (Å²) < 4.78 is 25.4. The number of oxazole rings is 1. The third-order valence-electron chi connectivity index (χ3n) is 4.99. The molecule has 3 rings (SSSR count). The number of methoxy groups -OCH3 is 1. The van der Waals surface area contributed by atoms with Crippen LogP contribution in [0.3, 0.4) is 0 Å². The lowest BCUT2D eigenvalue weighted by Crippen LogP contribution is -2.39. The van der Waals surface area contributed by atoms with Crippen molar-refractivity contribution in [3.63, 3.8) is 0 Å². The van der Waals surface area contributed by atoms with Gasteiger partial charge in [-0.3, -0.25) is 19.7 Å². The van der Waals surface area contributed by atoms with Crippen LogP contribution in [0.4, 0.5) is 0 Å². The molecule has 0 saturated carbocycles. The van der Waals surface area contributed by atoms with E-state index in [2.05, 4.69) is 31.7 Å². The number of hydrogen-bond acceptors (Lipinski definition) is 8. The van der Waals surface area contributed by atoms with E-state index < -0.39 is 32.9 Å². The third kappa shape index (κ3) is 10.4. The topological polar surface area (TPSA) is 125 Å². The summed E-state index contributed by atoms with van der Waals surface area (Å²) in [5.41, 5.74) is 2.49. The average molecular weight is 569 g/mol. The Hall–Kier alpha value is -3.21. The molecular formula is C25H26Cl2N2O7S. The molecule has 198 valence electrons. The molecule has 0 aliphatic heterocycles. The van der Waals surface area contributed by atoms with Crippen LogP contribution in [0.15, 0.2) is 59.0 Å². The maximum absolute atomic E-state index is 12.2. The molecule has 9 nitrogen and oxygen atoms in total. The van der Waals surface area contributed by atoms with Gasteiger partial charge in [0.05, 0.1) is 19.4 Å². The van der Waals surface area contributed by atoms with Crippen LogP contribution in [0.25, 0.3) is 11.5 Å². The summed E-state index contributed by atoms with van der Waals surface area (Å²) >= 11 is 0. The highest BCUT2D eigenvalue weighted by atomic mass is 36.0. The lowest BCUT2D eigenvalue weighted by atomic mass is 9.98. The molecule has 0 spiro atoms. The first kappa shape index (κ1) is 30.0. The van der Waals surface area contributed by atoms with Gasteiger partial charge in [-0.1, -0.05) is 30.3 Å². The molecule has 0 fully saturated rings. The van der Waals surface area contributed by atoms with Crippen LogP contribution in [0.1, 0.15) is 23.9 Å². The summed E-state index contributed by atoms with van der Waals surface area (Å²) in [6.45, 7) is 3.50. The molecule has 3 aromatic rings. The third-order valence-corrected chi connectivity index (χ3v) is 4.99. The Balaban J connectivity index is 0.00000112. The molecule has 0 aliphatic carbocycles. The Morgan fingerprint density at radius 2 is 1.70 bits per heavy atom. The summed E-state index contributed by atoms with van der Waals surface area (Å²) in [4.78, 5) is 39.8. The number of carbonyl (C=O) groups is 3. The van der Waals surface area contributed by atoms with Gasteiger partial charge in [-0.15, -0.1) is 0 Å². The van der Waals surface area contributed by atoms with Crippen LogP contribution in [0.5, 0.6) is 5.75 Å². The number of benzene rings is 2. The van der Waals surface area contributed by atoms with E-state index in [0.717, 1.165) is 22.6 Å². The van der Waals surface area contributed by atoms with Gasteiger partial charge in [-0.25, -0.2) is 9.19 Å². The first-order valence-corrected chi connectivity index (χ1v) is 13.8. The predicted octanol–water partition coefficient (Wildman–Crippen LogP) is 4.31. The van der Waals surface area contributed by atoms with Crippen molar-refractivity contribution in [3.8, 4) is 17.2 Å². The van der Waals surface area contributed by atoms with Gasteiger partial charge in [0.2, 0.25) is 26.9 Å². The van der Waals surface area contributed by atoms with Crippen molar-refractivity contribution in [2.75, 3.05) is 13.7 Å². The van der Waals surface area contributed by atoms with Gasteiger partial charge < -0.3 is 13.9 Å². The number of amides is 2. The summed E-state index contributed by atoms with van der Waals surface area (Å²) in [5.74, 6) is -1.05. The van der Waals surface area contributed by atoms with Gasteiger partial charge >= 0.3 is 5.97 Å². The van der Waals surface area contributed by atoms with Crippen LogP contribution in [0.2, 0.25) is 0 Å². The van der Waals surface area contributed by atoms with Gasteiger partial charge in [0.1, 0.15) is 17.4 Å². The number of imide groups is 1. The van der Waals surface area contributed by atoms with E-state index >= 15 is 0 Å². The van der Waals surface area contributed by atoms with Crippen molar-refractivity contribution in [3.05, 3.63) is 71.6 Å². The largest absolute Gasteiger partial charge is 0.493 e. The van der Waals surface area contributed by atoms with E-state index in [-0.39, 0.29) is 6.42 Å². The first-order valence-electron chi connectivity index (χ1n) is 11.0. The lowest BCUT2D eigenvalue weighted by molar-refractivity contribution is -0.150. The standard InChI is InChI=1S/C25H26N2O6.Cl2OS/c1-16-22(27-24(33-16)19-7-5-4-6-8-19)13-14-32-20-11-9-18(10-12-20)15-21(25(30)31-3)23(29)26-17(2)28;1-4(2)3/h4-12,21H,13-15H2,1-3H3,(H,26,28,29);. The van der Waals surface area contributed by atoms with Crippen molar-refractivity contribution < 1.29 is 32.5 Å². The summed E-state index contributed by atoms with van der Waals surface area (Å²) in [6, 6.07) is 16.8. The number of aryl methyl sites for hydroxylation is 1. The van der Waals surface area contributed by atoms with Crippen molar-refractivity contribution >= 4 is 48.4 Å². The molecule has 1 heterocycles. The maximum atomic E-state index is 12.2. The normalized spacial score (nSPS) is 11.2. The number of esters is 1. The second-order valence-corrected chi connectivity index (χ2v) is 10.2. The first-order chi connectivity index (χ1) is 17.6. The fraction of sp³-hybridized carbons (Fsp3) is 0.280. The van der Waals surface area contributed by atoms with Gasteiger partial charge in [0.15, 0.2) is 0 Å². The Kier molecular flexibility index (Phi) is 12.3. The molecule has 37 heavy (non-hydrogen) atoms. The number of rotatable bonds is 9. The van der Waals surface area contributed by atoms with Crippen LogP contribution in [0, 0.1) is 12.8 Å². The molecule has 0 radical (unpaired) electrons. The summed E-state index contributed by atoms with van der Waals surface area (Å²) in [7, 11) is 8.56. The highest BCUT2D eigenvalue weighted by Crippen LogP contribution is 2.22. The summed E-state index contributed by atoms with van der Waals surface area (Å²) in [6.07, 6.45) is 0.687. The number of aromatic nitrogens is 1. The number of ether oxygens (including phenoxy) is 2. The van der Waals surface area contributed by atoms with Gasteiger partial charge in [-0.2, -0.15) is 0 Å². The highest BCUT2D eigenvalue weighted by molar-refractivity contribution is 8.26. The fourth-order valence-electron chi connectivity index (χ4n) is 3.27. The number of hydrogen-bond donors (Lipinski definition) is 1. The minimum Gasteiger partial charge on any atom is -0.493 e. The maximum Gasteiger partial charge on any atom is 0.318 e. The minimum absolute atomic E-state index is 0.104. The molecule has 1 atom stereocenters. The predicted molar refractivity (Wildman–Crippen MR) is 140 cm³/mol. The zero-order valence-corrected chi connectivity index (χ0v) is 22.7. The molecule has 0 saturated heterocycles. The average Bonchev–Trinajstić information content (AvgIpc) is 3.23. The Morgan fingerprint density at radius 1 is 1.08 bits per heavy atom. The van der Waals surface area contributed by atoms with Crippen molar-refractivity contribution in [2.24, 2.45) is 5.92 Å². The van der Waals surface area contributed by atoms with Crippen molar-refractivity contribution in [1.82, 2.24) is 10.3 Å². The van der Waals surface area contributed by atoms with Crippen LogP contribution >= 0.6 is 21.4 Å². The van der Waals surface area contributed by atoms with Gasteiger partial charge in [0, 0.05) is 40.3 Å². The SMILES string of the molecule is COC(=O)C(Cc1ccc(OCCc2nc(-c3ccccc3)oc2C)cc1)C(=O)NC(C)=O.O=S(Cl)Cl. The molecule has 1 aromatic heterocycles. The molecule has 1 unspecified atom stereocenters.